The van der Waals surface area contributed by atoms with Crippen molar-refractivity contribution in [2.24, 2.45) is 0 Å². The van der Waals surface area contributed by atoms with Crippen LogP contribution >= 0.6 is 0 Å². The molecule has 6 heteroatoms. The number of aromatic nitrogens is 3. The maximum atomic E-state index is 5.62. The highest BCUT2D eigenvalue weighted by atomic mass is 16.5. The summed E-state index contributed by atoms with van der Waals surface area (Å²) in [5.41, 5.74) is 7.67. The van der Waals surface area contributed by atoms with E-state index in [0.717, 1.165) is 5.56 Å². The van der Waals surface area contributed by atoms with Gasteiger partial charge in [0.05, 0.1) is 0 Å². The Labute approximate surface area is 102 Å². The normalized spacial score (nSPS) is 10.7. The van der Waals surface area contributed by atoms with Crippen molar-refractivity contribution in [2.75, 3.05) is 5.73 Å². The number of nitrogen functional groups attached to an aromatic ring is 1. The van der Waals surface area contributed by atoms with Crippen LogP contribution in [0.15, 0.2) is 39.4 Å². The molecule has 0 saturated heterocycles. The van der Waals surface area contributed by atoms with Gasteiger partial charge in [-0.05, 0) is 31.2 Å². The van der Waals surface area contributed by atoms with Crippen LogP contribution in [-0.2, 0) is 0 Å². The maximum Gasteiger partial charge on any atom is 0.280 e. The molecular weight excluding hydrogens is 232 g/mol. The van der Waals surface area contributed by atoms with Gasteiger partial charge in [-0.25, -0.2) is 0 Å². The first-order valence-electron chi connectivity index (χ1n) is 5.36. The quantitative estimate of drug-likeness (QED) is 0.693. The van der Waals surface area contributed by atoms with Crippen molar-refractivity contribution >= 4 is 5.69 Å². The summed E-state index contributed by atoms with van der Waals surface area (Å²) in [6.45, 7) is 1.80. The van der Waals surface area contributed by atoms with Crippen LogP contribution < -0.4 is 5.73 Å². The van der Waals surface area contributed by atoms with Crippen LogP contribution in [0.5, 0.6) is 0 Å². The number of hydrogen-bond acceptors (Lipinski definition) is 6. The fourth-order valence-electron chi connectivity index (χ4n) is 1.54. The van der Waals surface area contributed by atoms with Gasteiger partial charge in [-0.1, -0.05) is 10.3 Å². The van der Waals surface area contributed by atoms with Gasteiger partial charge in [0.2, 0.25) is 5.82 Å². The average Bonchev–Trinajstić information content (AvgIpc) is 2.98. The fraction of sp³-hybridized carbons (Fsp3) is 0.0833. The van der Waals surface area contributed by atoms with Crippen molar-refractivity contribution in [3.8, 4) is 23.0 Å². The predicted octanol–water partition coefficient (Wildman–Crippen LogP) is 2.28. The van der Waals surface area contributed by atoms with Crippen LogP contribution in [0.3, 0.4) is 0 Å². The minimum absolute atomic E-state index is 0.332. The Morgan fingerprint density at radius 1 is 1.06 bits per heavy atom. The molecule has 0 saturated carbocycles. The van der Waals surface area contributed by atoms with E-state index >= 15 is 0 Å². The third-order valence-electron chi connectivity index (χ3n) is 2.44. The monoisotopic (exact) mass is 242 g/mol. The topological polar surface area (TPSA) is 91.0 Å². The second-order valence-electron chi connectivity index (χ2n) is 3.87. The van der Waals surface area contributed by atoms with Gasteiger partial charge in [0.1, 0.15) is 5.76 Å². The molecule has 0 aliphatic carbocycles. The zero-order valence-corrected chi connectivity index (χ0v) is 9.62. The summed E-state index contributed by atoms with van der Waals surface area (Å²) in [4.78, 5) is 4.25. The van der Waals surface area contributed by atoms with Crippen molar-refractivity contribution in [1.29, 1.82) is 0 Å². The van der Waals surface area contributed by atoms with Crippen molar-refractivity contribution < 1.29 is 9.05 Å². The molecule has 2 N–H and O–H groups in total. The second kappa shape index (κ2) is 3.99. The number of hydrogen-bond donors (Lipinski definition) is 1. The fourth-order valence-corrected chi connectivity index (χ4v) is 1.54. The summed E-state index contributed by atoms with van der Waals surface area (Å²) in [5.74, 6) is 1.52. The molecule has 1 aromatic carbocycles. The molecule has 2 aromatic heterocycles. The highest BCUT2D eigenvalue weighted by Gasteiger charge is 2.13. The van der Waals surface area contributed by atoms with Gasteiger partial charge >= 0.3 is 0 Å². The van der Waals surface area contributed by atoms with Gasteiger partial charge in [-0.3, -0.25) is 0 Å². The zero-order valence-electron chi connectivity index (χ0n) is 9.62. The second-order valence-corrected chi connectivity index (χ2v) is 3.87. The molecule has 90 valence electrons. The maximum absolute atomic E-state index is 5.62. The van der Waals surface area contributed by atoms with E-state index in [2.05, 4.69) is 15.3 Å². The molecule has 0 atom stereocenters. The summed E-state index contributed by atoms with van der Waals surface area (Å²) in [6.07, 6.45) is 0. The number of anilines is 1. The van der Waals surface area contributed by atoms with Crippen molar-refractivity contribution in [3.05, 3.63) is 36.1 Å². The van der Waals surface area contributed by atoms with Crippen molar-refractivity contribution in [3.63, 3.8) is 0 Å². The molecule has 0 spiro atoms. The molecule has 0 aliphatic rings. The predicted molar refractivity (Wildman–Crippen MR) is 64.4 cm³/mol. The Bertz CT molecular complexity index is 669. The molecule has 0 radical (unpaired) electrons. The van der Waals surface area contributed by atoms with E-state index in [1.807, 2.05) is 12.1 Å². The number of benzene rings is 1. The van der Waals surface area contributed by atoms with E-state index < -0.39 is 0 Å². The standard InChI is InChI=1S/C12H10N4O2/c1-7-6-10(15-17-7)12-14-11(16-18-12)8-2-4-9(13)5-3-8/h2-6H,13H2,1H3. The minimum atomic E-state index is 0.332. The van der Waals surface area contributed by atoms with E-state index in [4.69, 9.17) is 14.8 Å². The van der Waals surface area contributed by atoms with Crippen molar-refractivity contribution in [1.82, 2.24) is 15.3 Å². The van der Waals surface area contributed by atoms with Gasteiger partial charge in [0.25, 0.3) is 5.89 Å². The van der Waals surface area contributed by atoms with Crippen LogP contribution in [0, 0.1) is 6.92 Å². The zero-order chi connectivity index (χ0) is 12.5. The van der Waals surface area contributed by atoms with Crippen LogP contribution in [0.25, 0.3) is 23.0 Å². The SMILES string of the molecule is Cc1cc(-c2nc(-c3ccc(N)cc3)no2)no1. The molecule has 0 bridgehead atoms. The lowest BCUT2D eigenvalue weighted by Gasteiger charge is -1.94. The highest BCUT2D eigenvalue weighted by molar-refractivity contribution is 5.60. The van der Waals surface area contributed by atoms with E-state index in [1.54, 1.807) is 25.1 Å². The molecule has 0 aliphatic heterocycles. The van der Waals surface area contributed by atoms with Gasteiger partial charge in [0.15, 0.2) is 5.69 Å². The number of nitrogens with two attached hydrogens (primary N) is 1. The summed E-state index contributed by atoms with van der Waals surface area (Å²) >= 11 is 0. The lowest BCUT2D eigenvalue weighted by atomic mass is 10.2. The van der Waals surface area contributed by atoms with Crippen LogP contribution in [0.4, 0.5) is 5.69 Å². The third kappa shape index (κ3) is 1.84. The Kier molecular flexibility index (Phi) is 2.33. The van der Waals surface area contributed by atoms with E-state index in [-0.39, 0.29) is 0 Å². The Morgan fingerprint density at radius 2 is 1.83 bits per heavy atom. The van der Waals surface area contributed by atoms with E-state index in [1.165, 1.54) is 0 Å². The largest absolute Gasteiger partial charge is 0.399 e. The van der Waals surface area contributed by atoms with E-state index in [0.29, 0.717) is 28.9 Å². The van der Waals surface area contributed by atoms with Crippen LogP contribution in [-0.4, -0.2) is 15.3 Å². The first kappa shape index (κ1) is 10.5. The number of nitrogens with zero attached hydrogens (tertiary/aromatic N) is 3. The van der Waals surface area contributed by atoms with Crippen LogP contribution in [0.2, 0.25) is 0 Å². The van der Waals surface area contributed by atoms with E-state index in [9.17, 15) is 0 Å². The van der Waals surface area contributed by atoms with Crippen molar-refractivity contribution in [2.45, 2.75) is 6.92 Å². The number of aryl methyl sites for hydroxylation is 1. The third-order valence-corrected chi connectivity index (χ3v) is 2.44. The summed E-state index contributed by atoms with van der Waals surface area (Å²) < 4.78 is 10.1. The molecular formula is C12H10N4O2. The molecule has 0 amide bonds. The molecule has 0 unspecified atom stereocenters. The lowest BCUT2D eigenvalue weighted by Crippen LogP contribution is -1.85. The first-order chi connectivity index (χ1) is 8.72. The average molecular weight is 242 g/mol. The minimum Gasteiger partial charge on any atom is -0.399 e. The number of rotatable bonds is 2. The summed E-state index contributed by atoms with van der Waals surface area (Å²) in [5, 5.41) is 7.71. The Balaban J connectivity index is 1.96. The lowest BCUT2D eigenvalue weighted by molar-refractivity contribution is 0.390. The first-order valence-corrected chi connectivity index (χ1v) is 5.36. The summed E-state index contributed by atoms with van der Waals surface area (Å²) in [6, 6.07) is 8.97. The summed E-state index contributed by atoms with van der Waals surface area (Å²) in [7, 11) is 0. The van der Waals surface area contributed by atoms with Crippen LogP contribution in [0.1, 0.15) is 5.76 Å². The molecule has 6 nitrogen and oxygen atoms in total. The molecule has 2 heterocycles. The molecule has 3 rings (SSSR count). The van der Waals surface area contributed by atoms with Gasteiger partial charge < -0.3 is 14.8 Å². The molecule has 3 aromatic rings. The molecule has 18 heavy (non-hydrogen) atoms. The molecule has 0 fully saturated rings. The highest BCUT2D eigenvalue weighted by Crippen LogP contribution is 2.22. The smallest absolute Gasteiger partial charge is 0.280 e. The van der Waals surface area contributed by atoms with Gasteiger partial charge in [-0.2, -0.15) is 4.98 Å². The Morgan fingerprint density at radius 3 is 2.50 bits per heavy atom. The van der Waals surface area contributed by atoms with Gasteiger partial charge in [-0.15, -0.1) is 0 Å². The Hall–Kier alpha value is -2.63. The van der Waals surface area contributed by atoms with Gasteiger partial charge in [0, 0.05) is 17.3 Å².